The molecular weight excluding hydrogens is 304 g/mol. The summed E-state index contributed by atoms with van der Waals surface area (Å²) < 4.78 is 12.1. The fourth-order valence-electron chi connectivity index (χ4n) is 2.68. The molecule has 2 atom stereocenters. The predicted octanol–water partition coefficient (Wildman–Crippen LogP) is 5.01. The number of hydrogen-bond donors (Lipinski definition) is 2. The molecule has 0 radical (unpaired) electrons. The maximum Gasteiger partial charge on any atom is 0.0637 e. The Hall–Kier alpha value is -1.81. The first-order valence-corrected chi connectivity index (χ1v) is 9.57. The van der Waals surface area contributed by atoms with Crippen LogP contribution in [0.4, 0.5) is 17.1 Å². The van der Waals surface area contributed by atoms with Gasteiger partial charge in [-0.3, -0.25) is 4.21 Å². The standard InChI is InChI=1S/C19H26N2OS/c1-14(2)12-15(3)20-18-11-10-17(13-19(18)23(4)22)21-16-8-6-5-7-9-16/h5-11,13-15,20-21H,12H2,1-4H3. The van der Waals surface area contributed by atoms with Gasteiger partial charge < -0.3 is 10.6 Å². The van der Waals surface area contributed by atoms with Crippen LogP contribution < -0.4 is 10.6 Å². The van der Waals surface area contributed by atoms with Crippen LogP contribution in [0.15, 0.2) is 53.4 Å². The van der Waals surface area contributed by atoms with Gasteiger partial charge in [0, 0.05) is 23.7 Å². The van der Waals surface area contributed by atoms with Crippen molar-refractivity contribution in [1.82, 2.24) is 0 Å². The van der Waals surface area contributed by atoms with Crippen LogP contribution >= 0.6 is 0 Å². The molecule has 0 saturated heterocycles. The Morgan fingerprint density at radius 2 is 1.70 bits per heavy atom. The minimum atomic E-state index is -1.04. The summed E-state index contributed by atoms with van der Waals surface area (Å²) in [5.74, 6) is 0.632. The van der Waals surface area contributed by atoms with Gasteiger partial charge in [-0.25, -0.2) is 0 Å². The van der Waals surface area contributed by atoms with E-state index in [0.29, 0.717) is 12.0 Å². The lowest BCUT2D eigenvalue weighted by molar-refractivity contribution is 0.539. The van der Waals surface area contributed by atoms with E-state index in [1.165, 1.54) is 0 Å². The first kappa shape index (κ1) is 17.5. The van der Waals surface area contributed by atoms with Crippen LogP contribution in [0.3, 0.4) is 0 Å². The molecule has 3 nitrogen and oxygen atoms in total. The van der Waals surface area contributed by atoms with E-state index in [1.807, 2.05) is 48.5 Å². The fraction of sp³-hybridized carbons (Fsp3) is 0.368. The second-order valence-corrected chi connectivity index (χ2v) is 7.68. The third-order valence-corrected chi connectivity index (χ3v) is 4.54. The second kappa shape index (κ2) is 8.16. The van der Waals surface area contributed by atoms with Gasteiger partial charge in [0.1, 0.15) is 0 Å². The van der Waals surface area contributed by atoms with Crippen LogP contribution in [0.5, 0.6) is 0 Å². The van der Waals surface area contributed by atoms with Gasteiger partial charge in [-0.15, -0.1) is 0 Å². The normalized spacial score (nSPS) is 13.6. The molecule has 0 aliphatic rings. The molecule has 0 aromatic heterocycles. The minimum Gasteiger partial charge on any atom is -0.382 e. The number of anilines is 3. The van der Waals surface area contributed by atoms with Crippen molar-refractivity contribution in [3.8, 4) is 0 Å². The Morgan fingerprint density at radius 1 is 1.00 bits per heavy atom. The zero-order valence-corrected chi connectivity index (χ0v) is 15.1. The molecule has 2 N–H and O–H groups in total. The van der Waals surface area contributed by atoms with Gasteiger partial charge >= 0.3 is 0 Å². The fourth-order valence-corrected chi connectivity index (χ4v) is 3.41. The van der Waals surface area contributed by atoms with E-state index in [-0.39, 0.29) is 0 Å². The van der Waals surface area contributed by atoms with Crippen LogP contribution in [0.1, 0.15) is 27.2 Å². The van der Waals surface area contributed by atoms with Crippen molar-refractivity contribution in [2.75, 3.05) is 16.9 Å². The third-order valence-electron chi connectivity index (χ3n) is 3.58. The van der Waals surface area contributed by atoms with Crippen LogP contribution in [-0.2, 0) is 10.8 Å². The lowest BCUT2D eigenvalue weighted by Gasteiger charge is -2.20. The molecule has 2 unspecified atom stereocenters. The van der Waals surface area contributed by atoms with Gasteiger partial charge in [0.2, 0.25) is 0 Å². The largest absolute Gasteiger partial charge is 0.382 e. The van der Waals surface area contributed by atoms with E-state index in [0.717, 1.165) is 28.4 Å². The van der Waals surface area contributed by atoms with Gasteiger partial charge in [0.15, 0.2) is 0 Å². The zero-order valence-electron chi connectivity index (χ0n) is 14.3. The van der Waals surface area contributed by atoms with Crippen LogP contribution in [0.25, 0.3) is 0 Å². The van der Waals surface area contributed by atoms with Crippen LogP contribution in [-0.4, -0.2) is 16.5 Å². The summed E-state index contributed by atoms with van der Waals surface area (Å²) in [4.78, 5) is 0.835. The summed E-state index contributed by atoms with van der Waals surface area (Å²) in [7, 11) is -1.04. The monoisotopic (exact) mass is 330 g/mol. The summed E-state index contributed by atoms with van der Waals surface area (Å²) in [5.41, 5.74) is 2.93. The summed E-state index contributed by atoms with van der Waals surface area (Å²) >= 11 is 0. The maximum absolute atomic E-state index is 12.1. The van der Waals surface area contributed by atoms with E-state index in [1.54, 1.807) is 6.26 Å². The number of rotatable bonds is 7. The molecule has 2 aromatic rings. The Labute approximate surface area is 142 Å². The maximum atomic E-state index is 12.1. The number of nitrogens with one attached hydrogen (secondary N) is 2. The minimum absolute atomic E-state index is 0.352. The molecule has 0 aliphatic carbocycles. The Kier molecular flexibility index (Phi) is 6.22. The van der Waals surface area contributed by atoms with E-state index >= 15 is 0 Å². The van der Waals surface area contributed by atoms with Gasteiger partial charge in [0.05, 0.1) is 21.4 Å². The first-order chi connectivity index (χ1) is 11.0. The summed E-state index contributed by atoms with van der Waals surface area (Å²) in [6.45, 7) is 6.59. The highest BCUT2D eigenvalue weighted by Gasteiger charge is 2.11. The molecule has 0 heterocycles. The van der Waals surface area contributed by atoms with Crippen LogP contribution in [0, 0.1) is 5.92 Å². The van der Waals surface area contributed by atoms with E-state index in [4.69, 9.17) is 0 Å². The summed E-state index contributed by atoms with van der Waals surface area (Å²) in [6, 6.07) is 16.3. The molecule has 0 bridgehead atoms. The third kappa shape index (κ3) is 5.39. The molecule has 124 valence electrons. The Bertz CT molecular complexity index is 656. The van der Waals surface area contributed by atoms with E-state index < -0.39 is 10.8 Å². The molecule has 0 saturated carbocycles. The molecule has 23 heavy (non-hydrogen) atoms. The lowest BCUT2D eigenvalue weighted by atomic mass is 10.1. The molecule has 2 aromatic carbocycles. The molecule has 0 spiro atoms. The summed E-state index contributed by atoms with van der Waals surface area (Å²) in [6.07, 6.45) is 2.81. The molecule has 0 aliphatic heterocycles. The van der Waals surface area contributed by atoms with E-state index in [9.17, 15) is 4.21 Å². The number of hydrogen-bond acceptors (Lipinski definition) is 3. The number of benzene rings is 2. The van der Waals surface area contributed by atoms with Gasteiger partial charge in [-0.1, -0.05) is 32.0 Å². The second-order valence-electron chi connectivity index (χ2n) is 6.33. The lowest BCUT2D eigenvalue weighted by Crippen LogP contribution is -2.18. The highest BCUT2D eigenvalue weighted by atomic mass is 32.2. The quantitative estimate of drug-likeness (QED) is 0.749. The molecule has 0 amide bonds. The average Bonchev–Trinajstić information content (AvgIpc) is 2.48. The molecule has 0 fully saturated rings. The Morgan fingerprint density at radius 3 is 2.30 bits per heavy atom. The van der Waals surface area contributed by atoms with Crippen molar-refractivity contribution in [1.29, 1.82) is 0 Å². The molecule has 2 rings (SSSR count). The SMILES string of the molecule is CC(C)CC(C)Nc1ccc(Nc2ccccc2)cc1S(C)=O. The molecule has 4 heteroatoms. The highest BCUT2D eigenvalue weighted by Crippen LogP contribution is 2.27. The topological polar surface area (TPSA) is 41.1 Å². The number of para-hydroxylation sites is 1. The van der Waals surface area contributed by atoms with Crippen molar-refractivity contribution in [3.05, 3.63) is 48.5 Å². The van der Waals surface area contributed by atoms with E-state index in [2.05, 4.69) is 31.4 Å². The Balaban J connectivity index is 2.19. The van der Waals surface area contributed by atoms with Crippen LogP contribution in [0.2, 0.25) is 0 Å². The predicted molar refractivity (Wildman–Crippen MR) is 101 cm³/mol. The van der Waals surface area contributed by atoms with Gasteiger partial charge in [-0.05, 0) is 49.6 Å². The first-order valence-electron chi connectivity index (χ1n) is 8.01. The highest BCUT2D eigenvalue weighted by molar-refractivity contribution is 7.84. The van der Waals surface area contributed by atoms with Crippen molar-refractivity contribution < 1.29 is 4.21 Å². The van der Waals surface area contributed by atoms with Crippen molar-refractivity contribution in [2.45, 2.75) is 38.1 Å². The molecular formula is C19H26N2OS. The smallest absolute Gasteiger partial charge is 0.0637 e. The summed E-state index contributed by atoms with van der Waals surface area (Å²) in [5, 5.41) is 6.84. The van der Waals surface area contributed by atoms with Crippen molar-refractivity contribution >= 4 is 27.9 Å². The average molecular weight is 330 g/mol. The van der Waals surface area contributed by atoms with Gasteiger partial charge in [0.25, 0.3) is 0 Å². The van der Waals surface area contributed by atoms with Gasteiger partial charge in [-0.2, -0.15) is 0 Å². The van der Waals surface area contributed by atoms with Crippen molar-refractivity contribution in [2.24, 2.45) is 5.92 Å². The van der Waals surface area contributed by atoms with Crippen molar-refractivity contribution in [3.63, 3.8) is 0 Å². The zero-order chi connectivity index (χ0) is 16.8.